The van der Waals surface area contributed by atoms with Gasteiger partial charge in [-0.05, 0) is 36.2 Å². The highest BCUT2D eigenvalue weighted by atomic mass is 32.1. The fourth-order valence-electron chi connectivity index (χ4n) is 2.65. The smallest absolute Gasteiger partial charge is 0.280 e. The van der Waals surface area contributed by atoms with E-state index in [2.05, 4.69) is 10.3 Å². The van der Waals surface area contributed by atoms with Gasteiger partial charge in [0.05, 0.1) is 16.3 Å². The number of aromatic nitrogens is 1. The van der Waals surface area contributed by atoms with Crippen LogP contribution in [-0.4, -0.2) is 29.3 Å². The van der Waals surface area contributed by atoms with Crippen molar-refractivity contribution in [3.8, 4) is 11.5 Å². The van der Waals surface area contributed by atoms with E-state index in [-0.39, 0.29) is 12.7 Å². The molecule has 2 heterocycles. The largest absolute Gasteiger partial charge is 0.454 e. The first-order chi connectivity index (χ1) is 12.2. The molecule has 3 aromatic rings. The van der Waals surface area contributed by atoms with Crippen LogP contribution in [0.1, 0.15) is 27.9 Å². The van der Waals surface area contributed by atoms with E-state index in [1.54, 1.807) is 18.2 Å². The molecule has 128 valence electrons. The lowest BCUT2D eigenvalue weighted by Gasteiger charge is -2.12. The van der Waals surface area contributed by atoms with Crippen LogP contribution < -0.4 is 14.8 Å². The Morgan fingerprint density at radius 1 is 1.24 bits per heavy atom. The quantitative estimate of drug-likeness (QED) is 0.735. The Morgan fingerprint density at radius 2 is 2.08 bits per heavy atom. The number of aliphatic hydroxyl groups excluding tert-OH is 1. The molecule has 0 bridgehead atoms. The zero-order chi connectivity index (χ0) is 17.2. The molecule has 6 nitrogen and oxygen atoms in total. The molecule has 1 aliphatic heterocycles. The number of nitrogens with zero attached hydrogens (tertiary/aromatic N) is 1. The molecule has 1 aromatic heterocycles. The predicted molar refractivity (Wildman–Crippen MR) is 94.1 cm³/mol. The fourth-order valence-corrected chi connectivity index (χ4v) is 3.54. The van der Waals surface area contributed by atoms with Crippen LogP contribution >= 0.6 is 11.3 Å². The van der Waals surface area contributed by atoms with Gasteiger partial charge in [-0.3, -0.25) is 4.79 Å². The standard InChI is InChI=1S/C18H16N2O4S/c21-13(11-5-6-14-15(9-11)24-10-23-14)7-8-19-17(22)18-20-12-3-1-2-4-16(12)25-18/h1-6,9,13,21H,7-8,10H2,(H,19,22)/t13-/m1/s1. The van der Waals surface area contributed by atoms with E-state index in [4.69, 9.17) is 9.47 Å². The summed E-state index contributed by atoms with van der Waals surface area (Å²) < 4.78 is 11.5. The number of rotatable bonds is 5. The number of para-hydroxylation sites is 1. The number of carbonyl (C=O) groups excluding carboxylic acids is 1. The molecule has 2 aromatic carbocycles. The molecule has 1 amide bonds. The Labute approximate surface area is 148 Å². The van der Waals surface area contributed by atoms with Gasteiger partial charge >= 0.3 is 0 Å². The van der Waals surface area contributed by atoms with E-state index in [9.17, 15) is 9.90 Å². The summed E-state index contributed by atoms with van der Waals surface area (Å²) >= 11 is 1.36. The lowest BCUT2D eigenvalue weighted by Crippen LogP contribution is -2.25. The van der Waals surface area contributed by atoms with Crippen molar-refractivity contribution in [2.24, 2.45) is 0 Å². The number of amides is 1. The maximum Gasteiger partial charge on any atom is 0.280 e. The molecule has 1 aliphatic rings. The van der Waals surface area contributed by atoms with Gasteiger partial charge in [0.1, 0.15) is 0 Å². The average molecular weight is 356 g/mol. The number of carbonyl (C=O) groups is 1. The molecule has 0 saturated heterocycles. The van der Waals surface area contributed by atoms with Crippen LogP contribution in [0.15, 0.2) is 42.5 Å². The summed E-state index contributed by atoms with van der Waals surface area (Å²) in [5.41, 5.74) is 1.55. The van der Waals surface area contributed by atoms with Crippen molar-refractivity contribution in [1.82, 2.24) is 10.3 Å². The maximum absolute atomic E-state index is 12.2. The van der Waals surface area contributed by atoms with Gasteiger partial charge in [-0.1, -0.05) is 18.2 Å². The Hall–Kier alpha value is -2.64. The minimum absolute atomic E-state index is 0.201. The van der Waals surface area contributed by atoms with E-state index in [0.717, 1.165) is 15.8 Å². The molecule has 0 fully saturated rings. The lowest BCUT2D eigenvalue weighted by molar-refractivity contribution is 0.0942. The van der Waals surface area contributed by atoms with Crippen LogP contribution in [0.3, 0.4) is 0 Å². The minimum Gasteiger partial charge on any atom is -0.454 e. The summed E-state index contributed by atoms with van der Waals surface area (Å²) in [6.07, 6.45) is -0.291. The van der Waals surface area contributed by atoms with Crippen LogP contribution in [0.2, 0.25) is 0 Å². The third-order valence-corrected chi connectivity index (χ3v) is 5.01. The van der Waals surface area contributed by atoms with Gasteiger partial charge in [-0.15, -0.1) is 11.3 Å². The van der Waals surface area contributed by atoms with E-state index in [1.807, 2.05) is 24.3 Å². The number of fused-ring (bicyclic) bond motifs is 2. The van der Waals surface area contributed by atoms with Gasteiger partial charge in [0, 0.05) is 6.54 Å². The summed E-state index contributed by atoms with van der Waals surface area (Å²) in [5.74, 6) is 1.09. The van der Waals surface area contributed by atoms with E-state index in [1.165, 1.54) is 11.3 Å². The summed E-state index contributed by atoms with van der Waals surface area (Å²) in [7, 11) is 0. The normalized spacial score (nSPS) is 13.8. The number of benzene rings is 2. The number of nitrogens with one attached hydrogen (secondary N) is 1. The second-order valence-corrected chi connectivity index (χ2v) is 6.69. The van der Waals surface area contributed by atoms with Crippen LogP contribution in [0.25, 0.3) is 10.2 Å². The monoisotopic (exact) mass is 356 g/mol. The third kappa shape index (κ3) is 3.29. The molecule has 2 N–H and O–H groups in total. The van der Waals surface area contributed by atoms with Crippen molar-refractivity contribution < 1.29 is 19.4 Å². The molecule has 0 unspecified atom stereocenters. The van der Waals surface area contributed by atoms with Crippen LogP contribution in [-0.2, 0) is 0 Å². The van der Waals surface area contributed by atoms with Crippen molar-refractivity contribution in [2.75, 3.05) is 13.3 Å². The van der Waals surface area contributed by atoms with Gasteiger partial charge < -0.3 is 19.9 Å². The van der Waals surface area contributed by atoms with Crippen molar-refractivity contribution >= 4 is 27.5 Å². The molecule has 0 aliphatic carbocycles. The highest BCUT2D eigenvalue weighted by Gasteiger charge is 2.17. The molecule has 7 heteroatoms. The van der Waals surface area contributed by atoms with Gasteiger partial charge in [0.2, 0.25) is 6.79 Å². The SMILES string of the molecule is O=C(NCC[C@@H](O)c1ccc2c(c1)OCO2)c1nc2ccccc2s1. The van der Waals surface area contributed by atoms with Crippen LogP contribution in [0, 0.1) is 0 Å². The molecule has 0 saturated carbocycles. The Bertz CT molecular complexity index is 891. The number of thiazole rings is 1. The summed E-state index contributed by atoms with van der Waals surface area (Å²) in [4.78, 5) is 16.5. The molecule has 25 heavy (non-hydrogen) atoms. The van der Waals surface area contributed by atoms with Crippen LogP contribution in [0.4, 0.5) is 0 Å². The minimum atomic E-state index is -0.690. The van der Waals surface area contributed by atoms with E-state index in [0.29, 0.717) is 29.5 Å². The van der Waals surface area contributed by atoms with E-state index < -0.39 is 6.10 Å². The molecule has 0 spiro atoms. The predicted octanol–water partition coefficient (Wildman–Crippen LogP) is 2.88. The summed E-state index contributed by atoms with van der Waals surface area (Å²) in [6, 6.07) is 13.0. The van der Waals surface area contributed by atoms with E-state index >= 15 is 0 Å². The topological polar surface area (TPSA) is 80.7 Å². The van der Waals surface area contributed by atoms with Gasteiger partial charge in [0.25, 0.3) is 5.91 Å². The summed E-state index contributed by atoms with van der Waals surface area (Å²) in [5, 5.41) is 13.5. The van der Waals surface area contributed by atoms with Crippen molar-refractivity contribution in [3.05, 3.63) is 53.0 Å². The molecule has 0 radical (unpaired) electrons. The van der Waals surface area contributed by atoms with Crippen LogP contribution in [0.5, 0.6) is 11.5 Å². The highest BCUT2D eigenvalue weighted by Crippen LogP contribution is 2.34. The number of hydrogen-bond donors (Lipinski definition) is 2. The molecular weight excluding hydrogens is 340 g/mol. The van der Waals surface area contributed by atoms with Gasteiger partial charge in [0.15, 0.2) is 16.5 Å². The summed E-state index contributed by atoms with van der Waals surface area (Å²) in [6.45, 7) is 0.553. The Morgan fingerprint density at radius 3 is 2.96 bits per heavy atom. The van der Waals surface area contributed by atoms with Gasteiger partial charge in [-0.25, -0.2) is 4.98 Å². The molecular formula is C18H16N2O4S. The molecule has 1 atom stereocenters. The fraction of sp³-hybridized carbons (Fsp3) is 0.222. The molecule has 4 rings (SSSR count). The second kappa shape index (κ2) is 6.70. The highest BCUT2D eigenvalue weighted by molar-refractivity contribution is 7.20. The number of ether oxygens (including phenoxy) is 2. The Balaban J connectivity index is 1.34. The third-order valence-electron chi connectivity index (χ3n) is 3.97. The number of aliphatic hydroxyl groups is 1. The second-order valence-electron chi connectivity index (χ2n) is 5.66. The maximum atomic E-state index is 12.2. The number of hydrogen-bond acceptors (Lipinski definition) is 6. The van der Waals surface area contributed by atoms with Gasteiger partial charge in [-0.2, -0.15) is 0 Å². The first kappa shape index (κ1) is 15.9. The zero-order valence-corrected chi connectivity index (χ0v) is 14.1. The first-order valence-electron chi connectivity index (χ1n) is 7.92. The lowest BCUT2D eigenvalue weighted by atomic mass is 10.1. The first-order valence-corrected chi connectivity index (χ1v) is 8.74. The van der Waals surface area contributed by atoms with Crippen molar-refractivity contribution in [1.29, 1.82) is 0 Å². The Kier molecular flexibility index (Phi) is 4.25. The average Bonchev–Trinajstić information content (AvgIpc) is 3.27. The zero-order valence-electron chi connectivity index (χ0n) is 13.3. The van der Waals surface area contributed by atoms with Crippen molar-refractivity contribution in [2.45, 2.75) is 12.5 Å². The van der Waals surface area contributed by atoms with Crippen molar-refractivity contribution in [3.63, 3.8) is 0 Å².